The van der Waals surface area contributed by atoms with E-state index in [4.69, 9.17) is 12.2 Å². The summed E-state index contributed by atoms with van der Waals surface area (Å²) in [4.78, 5) is 24.1. The summed E-state index contributed by atoms with van der Waals surface area (Å²) in [6, 6.07) is 16.3. The number of carbonyl (C=O) groups is 2. The van der Waals surface area contributed by atoms with Gasteiger partial charge in [-0.1, -0.05) is 48.5 Å². The van der Waals surface area contributed by atoms with Crippen molar-refractivity contribution in [3.05, 3.63) is 84.5 Å². The molecule has 0 atom stereocenters. The van der Waals surface area contributed by atoms with Crippen LogP contribution in [0, 0.1) is 0 Å². The van der Waals surface area contributed by atoms with E-state index in [1.165, 1.54) is 6.08 Å². The first-order valence-electron chi connectivity index (χ1n) is 7.93. The molecule has 0 aliphatic rings. The van der Waals surface area contributed by atoms with E-state index in [-0.39, 0.29) is 16.9 Å². The minimum absolute atomic E-state index is 0.108. The van der Waals surface area contributed by atoms with Crippen LogP contribution in [0.25, 0.3) is 6.08 Å². The number of thiocarbonyl (C=S) groups is 1. The first-order chi connectivity index (χ1) is 12.6. The third-order valence-electron chi connectivity index (χ3n) is 3.29. The number of anilines is 1. The number of para-hydroxylation sites is 1. The molecule has 2 aromatic carbocycles. The van der Waals surface area contributed by atoms with Gasteiger partial charge in [0.25, 0.3) is 5.91 Å². The van der Waals surface area contributed by atoms with Crippen molar-refractivity contribution in [2.45, 2.75) is 0 Å². The zero-order valence-corrected chi connectivity index (χ0v) is 14.9. The fourth-order valence-corrected chi connectivity index (χ4v) is 2.30. The summed E-state index contributed by atoms with van der Waals surface area (Å²) < 4.78 is 0. The lowest BCUT2D eigenvalue weighted by Gasteiger charge is -2.12. The van der Waals surface area contributed by atoms with Gasteiger partial charge in [-0.2, -0.15) is 0 Å². The molecule has 26 heavy (non-hydrogen) atoms. The maximum Gasteiger partial charge on any atom is 0.253 e. The Bertz CT molecular complexity index is 832. The van der Waals surface area contributed by atoms with E-state index in [1.54, 1.807) is 36.4 Å². The van der Waals surface area contributed by atoms with E-state index in [2.05, 4.69) is 22.5 Å². The molecule has 2 amide bonds. The Morgan fingerprint density at radius 2 is 1.73 bits per heavy atom. The summed E-state index contributed by atoms with van der Waals surface area (Å²) in [5.74, 6) is -0.619. The van der Waals surface area contributed by atoms with E-state index in [0.717, 1.165) is 5.56 Å². The summed E-state index contributed by atoms with van der Waals surface area (Å²) in [7, 11) is 0. The molecule has 2 aromatic rings. The van der Waals surface area contributed by atoms with Crippen molar-refractivity contribution in [2.24, 2.45) is 0 Å². The standard InChI is InChI=1S/C20H19N3O2S/c1-2-14-21-19(25)16-10-6-7-11-17(16)22-20(26)23-18(24)13-12-15-8-4-3-5-9-15/h2-13H,1,14H2,(H,21,25)(H2,22,23,24,26). The molecule has 0 bridgehead atoms. The molecule has 0 aliphatic heterocycles. The third-order valence-corrected chi connectivity index (χ3v) is 3.49. The first kappa shape index (κ1) is 19.1. The van der Waals surface area contributed by atoms with Gasteiger partial charge in [0.15, 0.2) is 5.11 Å². The van der Waals surface area contributed by atoms with Gasteiger partial charge in [-0.3, -0.25) is 14.9 Å². The second kappa shape index (κ2) is 9.90. The number of hydrogen-bond donors (Lipinski definition) is 3. The van der Waals surface area contributed by atoms with Crippen LogP contribution < -0.4 is 16.0 Å². The van der Waals surface area contributed by atoms with Gasteiger partial charge in [0.2, 0.25) is 5.91 Å². The van der Waals surface area contributed by atoms with Gasteiger partial charge in [0, 0.05) is 12.6 Å². The topological polar surface area (TPSA) is 70.2 Å². The number of nitrogens with one attached hydrogen (secondary N) is 3. The first-order valence-corrected chi connectivity index (χ1v) is 8.34. The molecule has 0 fully saturated rings. The largest absolute Gasteiger partial charge is 0.349 e. The second-order valence-corrected chi connectivity index (χ2v) is 5.64. The van der Waals surface area contributed by atoms with Crippen LogP contribution in [0.2, 0.25) is 0 Å². The molecule has 0 heterocycles. The number of hydrogen-bond acceptors (Lipinski definition) is 3. The minimum Gasteiger partial charge on any atom is -0.349 e. The highest BCUT2D eigenvalue weighted by molar-refractivity contribution is 7.80. The zero-order valence-electron chi connectivity index (χ0n) is 14.1. The molecule has 0 aliphatic carbocycles. The van der Waals surface area contributed by atoms with Crippen molar-refractivity contribution in [1.82, 2.24) is 10.6 Å². The molecule has 0 radical (unpaired) electrons. The van der Waals surface area contributed by atoms with Crippen molar-refractivity contribution in [2.75, 3.05) is 11.9 Å². The molecule has 132 valence electrons. The van der Waals surface area contributed by atoms with Crippen molar-refractivity contribution in [1.29, 1.82) is 0 Å². The van der Waals surface area contributed by atoms with Gasteiger partial charge >= 0.3 is 0 Å². The van der Waals surface area contributed by atoms with Crippen molar-refractivity contribution < 1.29 is 9.59 Å². The van der Waals surface area contributed by atoms with Crippen LogP contribution in [0.3, 0.4) is 0 Å². The molecule has 0 spiro atoms. The van der Waals surface area contributed by atoms with Crippen molar-refractivity contribution >= 4 is 40.9 Å². The van der Waals surface area contributed by atoms with Gasteiger partial charge in [0.1, 0.15) is 0 Å². The van der Waals surface area contributed by atoms with Gasteiger partial charge in [0.05, 0.1) is 11.3 Å². The average molecular weight is 365 g/mol. The average Bonchev–Trinajstić information content (AvgIpc) is 2.65. The maximum atomic E-state index is 12.1. The number of amides is 2. The second-order valence-electron chi connectivity index (χ2n) is 5.23. The Labute approximate surface area is 157 Å². The van der Waals surface area contributed by atoms with Gasteiger partial charge in [-0.25, -0.2) is 0 Å². The normalized spacial score (nSPS) is 10.2. The number of benzene rings is 2. The number of carbonyl (C=O) groups excluding carboxylic acids is 2. The lowest BCUT2D eigenvalue weighted by atomic mass is 10.1. The zero-order chi connectivity index (χ0) is 18.8. The Morgan fingerprint density at radius 3 is 2.46 bits per heavy atom. The fraction of sp³-hybridized carbons (Fsp3) is 0.0500. The third kappa shape index (κ3) is 5.99. The summed E-state index contributed by atoms with van der Waals surface area (Å²) in [5.41, 5.74) is 1.84. The Kier molecular flexibility index (Phi) is 7.27. The molecular weight excluding hydrogens is 346 g/mol. The highest BCUT2D eigenvalue weighted by atomic mass is 32.1. The highest BCUT2D eigenvalue weighted by Crippen LogP contribution is 2.14. The van der Waals surface area contributed by atoms with Crippen LogP contribution in [0.5, 0.6) is 0 Å². The molecule has 3 N–H and O–H groups in total. The van der Waals surface area contributed by atoms with E-state index < -0.39 is 0 Å². The molecule has 2 rings (SSSR count). The van der Waals surface area contributed by atoms with Crippen LogP contribution in [-0.2, 0) is 4.79 Å². The quantitative estimate of drug-likeness (QED) is 0.418. The summed E-state index contributed by atoms with van der Waals surface area (Å²) in [6.07, 6.45) is 4.68. The maximum absolute atomic E-state index is 12.1. The summed E-state index contributed by atoms with van der Waals surface area (Å²) in [5, 5.41) is 8.24. The molecule has 0 saturated carbocycles. The van der Waals surface area contributed by atoms with Gasteiger partial charge in [-0.05, 0) is 36.0 Å². The van der Waals surface area contributed by atoms with Crippen LogP contribution in [-0.4, -0.2) is 23.5 Å². The lowest BCUT2D eigenvalue weighted by Crippen LogP contribution is -2.34. The molecule has 0 saturated heterocycles. The van der Waals surface area contributed by atoms with Crippen LogP contribution in [0.15, 0.2) is 73.3 Å². The van der Waals surface area contributed by atoms with E-state index in [9.17, 15) is 9.59 Å². The lowest BCUT2D eigenvalue weighted by molar-refractivity contribution is -0.115. The Morgan fingerprint density at radius 1 is 1.04 bits per heavy atom. The monoisotopic (exact) mass is 365 g/mol. The van der Waals surface area contributed by atoms with E-state index >= 15 is 0 Å². The molecule has 0 unspecified atom stereocenters. The van der Waals surface area contributed by atoms with Crippen LogP contribution in [0.1, 0.15) is 15.9 Å². The van der Waals surface area contributed by atoms with E-state index in [0.29, 0.717) is 17.8 Å². The molecule has 5 nitrogen and oxygen atoms in total. The van der Waals surface area contributed by atoms with E-state index in [1.807, 2.05) is 30.3 Å². The predicted octanol–water partition coefficient (Wildman–Crippen LogP) is 3.13. The Hall–Kier alpha value is -3.25. The van der Waals surface area contributed by atoms with Gasteiger partial charge in [-0.15, -0.1) is 6.58 Å². The van der Waals surface area contributed by atoms with Crippen molar-refractivity contribution in [3.63, 3.8) is 0 Å². The molecule has 0 aromatic heterocycles. The SMILES string of the molecule is C=CCNC(=O)c1ccccc1NC(=S)NC(=O)C=Cc1ccccc1. The van der Waals surface area contributed by atoms with Crippen LogP contribution >= 0.6 is 12.2 Å². The number of rotatable bonds is 6. The highest BCUT2D eigenvalue weighted by Gasteiger charge is 2.11. The molecular formula is C20H19N3O2S. The fourth-order valence-electron chi connectivity index (χ4n) is 2.09. The Balaban J connectivity index is 1.97. The van der Waals surface area contributed by atoms with Crippen molar-refractivity contribution in [3.8, 4) is 0 Å². The van der Waals surface area contributed by atoms with Crippen LogP contribution in [0.4, 0.5) is 5.69 Å². The summed E-state index contributed by atoms with van der Waals surface area (Å²) in [6.45, 7) is 3.92. The summed E-state index contributed by atoms with van der Waals surface area (Å²) >= 11 is 5.15. The minimum atomic E-state index is -0.361. The smallest absolute Gasteiger partial charge is 0.253 e. The van der Waals surface area contributed by atoms with Gasteiger partial charge < -0.3 is 10.6 Å². The molecule has 6 heteroatoms. The predicted molar refractivity (Wildman–Crippen MR) is 109 cm³/mol.